The van der Waals surface area contributed by atoms with Gasteiger partial charge in [-0.25, -0.2) is 14.7 Å². The summed E-state index contributed by atoms with van der Waals surface area (Å²) in [4.78, 5) is 18.4. The van der Waals surface area contributed by atoms with Gasteiger partial charge in [0.25, 0.3) is 0 Å². The molecule has 3 aromatic rings. The van der Waals surface area contributed by atoms with Gasteiger partial charge >= 0.3 is 0 Å². The number of hydroxylamine groups is 1. The van der Waals surface area contributed by atoms with Crippen molar-refractivity contribution in [3.63, 3.8) is 0 Å². The van der Waals surface area contributed by atoms with Crippen molar-refractivity contribution in [2.45, 2.75) is 56.0 Å². The van der Waals surface area contributed by atoms with Crippen molar-refractivity contribution in [1.29, 1.82) is 0 Å². The van der Waals surface area contributed by atoms with Gasteiger partial charge in [0, 0.05) is 24.2 Å². The van der Waals surface area contributed by atoms with E-state index < -0.39 is 0 Å². The number of ether oxygens (including phenoxy) is 2. The van der Waals surface area contributed by atoms with Gasteiger partial charge in [0.1, 0.15) is 17.3 Å². The average Bonchev–Trinajstić information content (AvgIpc) is 2.94. The maximum Gasteiger partial charge on any atom is 0.245 e. The second kappa shape index (κ2) is 12.1. The van der Waals surface area contributed by atoms with Crippen LogP contribution in [0.1, 0.15) is 50.5 Å². The Morgan fingerprint density at radius 3 is 2.22 bits per heavy atom. The van der Waals surface area contributed by atoms with Gasteiger partial charge in [0.05, 0.1) is 0 Å². The van der Waals surface area contributed by atoms with Crippen LogP contribution in [0.5, 0.6) is 11.5 Å². The van der Waals surface area contributed by atoms with E-state index in [0.29, 0.717) is 13.0 Å². The Morgan fingerprint density at radius 1 is 0.919 bits per heavy atom. The molecule has 7 heteroatoms. The maximum atomic E-state index is 13.2. The van der Waals surface area contributed by atoms with Crippen LogP contribution in [0.3, 0.4) is 0 Å². The Kier molecular flexibility index (Phi) is 8.44. The number of carbonyl (C=O) groups excluding carboxylic acids is 1. The Balaban J connectivity index is 1.22. The second-order valence-corrected chi connectivity index (χ2v) is 11.1. The van der Waals surface area contributed by atoms with Crippen molar-refractivity contribution in [2.24, 2.45) is 0 Å². The van der Waals surface area contributed by atoms with E-state index in [9.17, 15) is 9.18 Å². The number of thioether (sulfide) groups is 1. The van der Waals surface area contributed by atoms with Crippen LogP contribution >= 0.6 is 11.8 Å². The summed E-state index contributed by atoms with van der Waals surface area (Å²) in [6, 6.07) is 22.2. The van der Waals surface area contributed by atoms with Crippen molar-refractivity contribution < 1.29 is 23.5 Å². The third-order valence-corrected chi connectivity index (χ3v) is 8.52. The highest BCUT2D eigenvalue weighted by molar-refractivity contribution is 8.00. The molecule has 2 saturated heterocycles. The summed E-state index contributed by atoms with van der Waals surface area (Å²) in [6.45, 7) is 0.674. The number of halogens is 1. The van der Waals surface area contributed by atoms with E-state index in [1.807, 2.05) is 48.2 Å². The highest BCUT2D eigenvalue weighted by atomic mass is 32.2. The van der Waals surface area contributed by atoms with E-state index >= 15 is 0 Å². The lowest BCUT2D eigenvalue weighted by Crippen LogP contribution is -2.37. The predicted molar refractivity (Wildman–Crippen MR) is 144 cm³/mol. The molecule has 1 N–H and O–H groups in total. The second-order valence-electron chi connectivity index (χ2n) is 9.57. The molecule has 2 aliphatic rings. The van der Waals surface area contributed by atoms with E-state index in [1.165, 1.54) is 12.1 Å². The van der Waals surface area contributed by atoms with Crippen molar-refractivity contribution in [3.05, 3.63) is 84.2 Å². The minimum absolute atomic E-state index is 0.120. The molecular weight excluding hydrogens is 489 g/mol. The summed E-state index contributed by atoms with van der Waals surface area (Å²) in [5.74, 6) is 2.12. The molecule has 2 atom stereocenters. The fraction of sp³-hybridized carbons (Fsp3) is 0.367. The van der Waals surface area contributed by atoms with E-state index in [4.69, 9.17) is 14.3 Å². The summed E-state index contributed by atoms with van der Waals surface area (Å²) in [5, 5.41) is 0. The molecule has 37 heavy (non-hydrogen) atoms. The average molecular weight is 522 g/mol. The van der Waals surface area contributed by atoms with Gasteiger partial charge in [0.15, 0.2) is 6.29 Å². The monoisotopic (exact) mass is 521 g/mol. The van der Waals surface area contributed by atoms with Gasteiger partial charge in [-0.3, -0.25) is 4.79 Å². The number of benzene rings is 3. The third-order valence-electron chi connectivity index (χ3n) is 6.89. The molecule has 3 aromatic carbocycles. The first kappa shape index (κ1) is 25.8. The first-order valence-corrected chi connectivity index (χ1v) is 13.9. The molecule has 0 aromatic heterocycles. The fourth-order valence-electron chi connectivity index (χ4n) is 4.87. The van der Waals surface area contributed by atoms with Crippen molar-refractivity contribution in [3.8, 4) is 22.6 Å². The number of nitrogens with one attached hydrogen (secondary N) is 1. The van der Waals surface area contributed by atoms with Crippen LogP contribution in [-0.4, -0.2) is 24.6 Å². The Bertz CT molecular complexity index is 1160. The van der Waals surface area contributed by atoms with Gasteiger partial charge in [-0.15, -0.1) is 11.8 Å². The number of hydrogen-bond donors (Lipinski definition) is 1. The molecule has 2 unspecified atom stereocenters. The maximum absolute atomic E-state index is 13.2. The first-order chi connectivity index (χ1) is 18.1. The highest BCUT2D eigenvalue weighted by Gasteiger charge is 2.37. The topological polar surface area (TPSA) is 56.8 Å². The molecule has 0 spiro atoms. The number of hydrogen-bond acceptors (Lipinski definition) is 5. The van der Waals surface area contributed by atoms with E-state index in [2.05, 4.69) is 17.6 Å². The largest absolute Gasteiger partial charge is 0.457 e. The molecule has 0 aliphatic carbocycles. The summed E-state index contributed by atoms with van der Waals surface area (Å²) in [7, 11) is 0. The van der Waals surface area contributed by atoms with E-state index in [0.717, 1.165) is 72.5 Å². The standard InChI is InChI=1S/C30H32FNO4S/c31-25-12-6-22(7-13-25)23-8-14-26(15-9-23)35-27-16-10-24(11-17-27)30(18-2-4-20-37-30)21-28(33)32-36-29-5-1-3-19-34-29/h6-17,29H,1-5,18-21H2,(H,32,33). The van der Waals surface area contributed by atoms with Gasteiger partial charge in [-0.1, -0.05) is 42.8 Å². The van der Waals surface area contributed by atoms with Gasteiger partial charge in [-0.05, 0) is 84.5 Å². The lowest BCUT2D eigenvalue weighted by atomic mass is 9.88. The lowest BCUT2D eigenvalue weighted by molar-refractivity contribution is -0.200. The van der Waals surface area contributed by atoms with Crippen LogP contribution in [0.15, 0.2) is 72.8 Å². The highest BCUT2D eigenvalue weighted by Crippen LogP contribution is 2.48. The minimum Gasteiger partial charge on any atom is -0.457 e. The Morgan fingerprint density at radius 2 is 1.59 bits per heavy atom. The Labute approximate surface area is 221 Å². The zero-order valence-electron chi connectivity index (χ0n) is 20.8. The predicted octanol–water partition coefficient (Wildman–Crippen LogP) is 7.36. The summed E-state index contributed by atoms with van der Waals surface area (Å²) in [6.07, 6.45) is 6.08. The van der Waals surface area contributed by atoms with Gasteiger partial charge in [0.2, 0.25) is 5.91 Å². The molecule has 0 bridgehead atoms. The SMILES string of the molecule is O=C(CC1(c2ccc(Oc3ccc(-c4ccc(F)cc4)cc3)cc2)CCCCS1)NOC1CCCCO1. The molecule has 5 nitrogen and oxygen atoms in total. The van der Waals surface area contributed by atoms with E-state index in [-0.39, 0.29) is 22.8 Å². The van der Waals surface area contributed by atoms with Crippen LogP contribution in [-0.2, 0) is 19.1 Å². The molecule has 2 aliphatic heterocycles. The molecule has 5 rings (SSSR count). The fourth-order valence-corrected chi connectivity index (χ4v) is 6.44. The summed E-state index contributed by atoms with van der Waals surface area (Å²) in [5.41, 5.74) is 5.71. The molecule has 2 fully saturated rings. The van der Waals surface area contributed by atoms with Crippen molar-refractivity contribution in [1.82, 2.24) is 5.48 Å². The molecular formula is C30H32FNO4S. The number of carbonyl (C=O) groups is 1. The normalized spacial score (nSPS) is 21.8. The van der Waals surface area contributed by atoms with Gasteiger partial charge < -0.3 is 9.47 Å². The smallest absolute Gasteiger partial charge is 0.245 e. The van der Waals surface area contributed by atoms with E-state index in [1.54, 1.807) is 12.1 Å². The molecule has 194 valence electrons. The van der Waals surface area contributed by atoms with Crippen molar-refractivity contribution >= 4 is 17.7 Å². The summed E-state index contributed by atoms with van der Waals surface area (Å²) >= 11 is 1.85. The van der Waals surface area contributed by atoms with Crippen LogP contribution in [0.4, 0.5) is 4.39 Å². The molecule has 2 heterocycles. The number of amides is 1. The molecule has 0 saturated carbocycles. The van der Waals surface area contributed by atoms with Crippen LogP contribution in [0.2, 0.25) is 0 Å². The summed E-state index contributed by atoms with van der Waals surface area (Å²) < 4.78 is 24.5. The van der Waals surface area contributed by atoms with Crippen LogP contribution < -0.4 is 10.2 Å². The third kappa shape index (κ3) is 6.72. The quantitative estimate of drug-likeness (QED) is 0.314. The zero-order valence-corrected chi connectivity index (χ0v) is 21.6. The van der Waals surface area contributed by atoms with Gasteiger partial charge in [-0.2, -0.15) is 0 Å². The number of rotatable bonds is 8. The molecule has 0 radical (unpaired) electrons. The Hall–Kier alpha value is -2.87. The lowest BCUT2D eigenvalue weighted by Gasteiger charge is -2.37. The van der Waals surface area contributed by atoms with Crippen molar-refractivity contribution in [2.75, 3.05) is 12.4 Å². The van der Waals surface area contributed by atoms with Crippen LogP contribution in [0, 0.1) is 5.82 Å². The van der Waals surface area contributed by atoms with Crippen LogP contribution in [0.25, 0.3) is 11.1 Å². The zero-order chi connectivity index (χ0) is 25.5. The minimum atomic E-state index is -0.353. The first-order valence-electron chi connectivity index (χ1n) is 12.9. The molecule has 1 amide bonds.